The maximum Gasteiger partial charge on any atom is 0.125 e. The minimum absolute atomic E-state index is 0.211. The molecule has 2 aromatic rings. The Morgan fingerprint density at radius 2 is 2.27 bits per heavy atom. The molecule has 0 aliphatic rings. The highest BCUT2D eigenvalue weighted by Gasteiger charge is 1.99. The molecule has 1 aromatic carbocycles. The van der Waals surface area contributed by atoms with E-state index in [0.29, 0.717) is 6.54 Å². The van der Waals surface area contributed by atoms with E-state index in [9.17, 15) is 4.39 Å². The summed E-state index contributed by atoms with van der Waals surface area (Å²) in [4.78, 5) is 4.14. The molecule has 2 rings (SSSR count). The lowest BCUT2D eigenvalue weighted by atomic mass is 10.2. The van der Waals surface area contributed by atoms with Gasteiger partial charge in [-0.2, -0.15) is 0 Å². The third-order valence-electron chi connectivity index (χ3n) is 1.97. The van der Waals surface area contributed by atoms with Gasteiger partial charge in [-0.25, -0.2) is 9.37 Å². The number of thiazole rings is 1. The van der Waals surface area contributed by atoms with Gasteiger partial charge in [0, 0.05) is 17.3 Å². The van der Waals surface area contributed by atoms with Crippen molar-refractivity contribution < 1.29 is 4.39 Å². The summed E-state index contributed by atoms with van der Waals surface area (Å²) in [5.41, 5.74) is 1.71. The molecule has 0 amide bonds. The Hall–Kier alpha value is -1.42. The fourth-order valence-electron chi connectivity index (χ4n) is 1.36. The van der Waals surface area contributed by atoms with Crippen LogP contribution in [0.25, 0.3) is 0 Å². The van der Waals surface area contributed by atoms with Crippen molar-refractivity contribution >= 4 is 17.0 Å². The van der Waals surface area contributed by atoms with Gasteiger partial charge in [-0.1, -0.05) is 0 Å². The second-order valence-electron chi connectivity index (χ2n) is 3.30. The summed E-state index contributed by atoms with van der Waals surface area (Å²) in [6, 6.07) is 4.91. The van der Waals surface area contributed by atoms with Crippen LogP contribution in [0.1, 0.15) is 10.6 Å². The second-order valence-corrected chi connectivity index (χ2v) is 4.28. The Balaban J connectivity index is 2.05. The van der Waals surface area contributed by atoms with Crippen molar-refractivity contribution in [2.24, 2.45) is 0 Å². The first-order valence-corrected chi connectivity index (χ1v) is 5.51. The predicted molar refractivity (Wildman–Crippen MR) is 60.6 cm³/mol. The molecular formula is C11H11FN2S. The van der Waals surface area contributed by atoms with Gasteiger partial charge in [0.1, 0.15) is 10.8 Å². The summed E-state index contributed by atoms with van der Waals surface area (Å²) in [5.74, 6) is -0.211. The molecule has 1 N–H and O–H groups in total. The number of hydrogen-bond donors (Lipinski definition) is 1. The molecule has 0 radical (unpaired) electrons. The lowest BCUT2D eigenvalue weighted by molar-refractivity contribution is 0.627. The summed E-state index contributed by atoms with van der Waals surface area (Å²) in [6.45, 7) is 2.51. The van der Waals surface area contributed by atoms with E-state index in [1.165, 1.54) is 12.1 Å². The number of hydrogen-bond acceptors (Lipinski definition) is 3. The lowest BCUT2D eigenvalue weighted by Crippen LogP contribution is -1.99. The van der Waals surface area contributed by atoms with E-state index < -0.39 is 0 Å². The van der Waals surface area contributed by atoms with Gasteiger partial charge in [0.05, 0.1) is 6.54 Å². The molecule has 1 aromatic heterocycles. The van der Waals surface area contributed by atoms with Crippen LogP contribution in [-0.2, 0) is 6.54 Å². The molecule has 0 unspecified atom stereocenters. The van der Waals surface area contributed by atoms with Crippen LogP contribution in [0.3, 0.4) is 0 Å². The minimum Gasteiger partial charge on any atom is -0.378 e. The number of halogens is 1. The second kappa shape index (κ2) is 4.40. The fraction of sp³-hybridized carbons (Fsp3) is 0.182. The largest absolute Gasteiger partial charge is 0.378 e. The zero-order chi connectivity index (χ0) is 10.7. The first-order chi connectivity index (χ1) is 7.24. The third-order valence-corrected chi connectivity index (χ3v) is 2.75. The topological polar surface area (TPSA) is 24.9 Å². The Morgan fingerprint density at radius 1 is 1.40 bits per heavy atom. The first kappa shape index (κ1) is 10.1. The van der Waals surface area contributed by atoms with Crippen LogP contribution in [0, 0.1) is 12.7 Å². The van der Waals surface area contributed by atoms with Gasteiger partial charge < -0.3 is 5.32 Å². The molecule has 15 heavy (non-hydrogen) atoms. The van der Waals surface area contributed by atoms with E-state index >= 15 is 0 Å². The van der Waals surface area contributed by atoms with Gasteiger partial charge in [-0.3, -0.25) is 0 Å². The SMILES string of the molecule is Cc1cc(F)cc(NCc2nccs2)c1. The highest BCUT2D eigenvalue weighted by Crippen LogP contribution is 2.14. The van der Waals surface area contributed by atoms with Crippen molar-refractivity contribution in [2.45, 2.75) is 13.5 Å². The Morgan fingerprint density at radius 3 is 2.93 bits per heavy atom. The minimum atomic E-state index is -0.211. The quantitative estimate of drug-likeness (QED) is 0.862. The molecule has 0 aliphatic carbocycles. The maximum atomic E-state index is 13.0. The molecule has 0 fully saturated rings. The van der Waals surface area contributed by atoms with Gasteiger partial charge in [0.25, 0.3) is 0 Å². The van der Waals surface area contributed by atoms with Gasteiger partial charge in [0.15, 0.2) is 0 Å². The van der Waals surface area contributed by atoms with Crippen LogP contribution in [0.15, 0.2) is 29.8 Å². The average Bonchev–Trinajstić information content (AvgIpc) is 2.65. The zero-order valence-electron chi connectivity index (χ0n) is 8.33. The molecule has 0 aliphatic heterocycles. The van der Waals surface area contributed by atoms with E-state index in [2.05, 4.69) is 10.3 Å². The summed E-state index contributed by atoms with van der Waals surface area (Å²) in [7, 11) is 0. The third kappa shape index (κ3) is 2.76. The van der Waals surface area contributed by atoms with Gasteiger partial charge in [-0.15, -0.1) is 11.3 Å². The summed E-state index contributed by atoms with van der Waals surface area (Å²) in [5, 5.41) is 6.06. The molecule has 0 saturated carbocycles. The molecule has 78 valence electrons. The molecule has 0 spiro atoms. The van der Waals surface area contributed by atoms with Crippen molar-refractivity contribution in [3.05, 3.63) is 46.2 Å². The Kier molecular flexibility index (Phi) is 2.97. The molecule has 0 atom stereocenters. The highest BCUT2D eigenvalue weighted by molar-refractivity contribution is 7.09. The smallest absolute Gasteiger partial charge is 0.125 e. The number of aromatic nitrogens is 1. The maximum absolute atomic E-state index is 13.0. The van der Waals surface area contributed by atoms with Crippen LogP contribution in [0.5, 0.6) is 0 Å². The van der Waals surface area contributed by atoms with Crippen molar-refractivity contribution in [2.75, 3.05) is 5.32 Å². The normalized spacial score (nSPS) is 10.3. The monoisotopic (exact) mass is 222 g/mol. The molecule has 0 bridgehead atoms. The average molecular weight is 222 g/mol. The molecule has 0 saturated heterocycles. The number of nitrogens with one attached hydrogen (secondary N) is 1. The van der Waals surface area contributed by atoms with Crippen LogP contribution < -0.4 is 5.32 Å². The Labute approximate surface area is 91.8 Å². The standard InChI is InChI=1S/C11H11FN2S/c1-8-4-9(12)6-10(5-8)14-7-11-13-2-3-15-11/h2-6,14H,7H2,1H3. The number of anilines is 1. The van der Waals surface area contributed by atoms with E-state index in [1.54, 1.807) is 17.5 Å². The number of nitrogens with zero attached hydrogens (tertiary/aromatic N) is 1. The molecule has 2 nitrogen and oxygen atoms in total. The van der Waals surface area contributed by atoms with Gasteiger partial charge >= 0.3 is 0 Å². The summed E-state index contributed by atoms with van der Waals surface area (Å²) >= 11 is 1.58. The zero-order valence-corrected chi connectivity index (χ0v) is 9.14. The van der Waals surface area contributed by atoms with Gasteiger partial charge in [0.2, 0.25) is 0 Å². The summed E-state index contributed by atoms with van der Waals surface area (Å²) in [6.07, 6.45) is 1.76. The van der Waals surface area contributed by atoms with Crippen molar-refractivity contribution in [1.29, 1.82) is 0 Å². The Bertz CT molecular complexity index is 420. The fourth-order valence-corrected chi connectivity index (χ4v) is 1.91. The number of benzene rings is 1. The first-order valence-electron chi connectivity index (χ1n) is 4.63. The van der Waals surface area contributed by atoms with E-state index in [1.807, 2.05) is 18.4 Å². The van der Waals surface area contributed by atoms with E-state index in [0.717, 1.165) is 16.3 Å². The van der Waals surface area contributed by atoms with Crippen LogP contribution in [0.4, 0.5) is 10.1 Å². The van der Waals surface area contributed by atoms with Crippen molar-refractivity contribution in [3.8, 4) is 0 Å². The predicted octanol–water partition coefficient (Wildman–Crippen LogP) is 3.20. The summed E-state index contributed by atoms with van der Waals surface area (Å²) < 4.78 is 13.0. The van der Waals surface area contributed by atoms with E-state index in [-0.39, 0.29) is 5.82 Å². The number of aryl methyl sites for hydroxylation is 1. The van der Waals surface area contributed by atoms with Crippen molar-refractivity contribution in [1.82, 2.24) is 4.98 Å². The molecular weight excluding hydrogens is 211 g/mol. The molecule has 1 heterocycles. The van der Waals surface area contributed by atoms with Crippen molar-refractivity contribution in [3.63, 3.8) is 0 Å². The van der Waals surface area contributed by atoms with Crippen LogP contribution in [0.2, 0.25) is 0 Å². The number of rotatable bonds is 3. The van der Waals surface area contributed by atoms with Gasteiger partial charge in [-0.05, 0) is 30.7 Å². The highest BCUT2D eigenvalue weighted by atomic mass is 32.1. The van der Waals surface area contributed by atoms with Crippen LogP contribution in [-0.4, -0.2) is 4.98 Å². The lowest BCUT2D eigenvalue weighted by Gasteiger charge is -2.05. The molecule has 4 heteroatoms. The van der Waals surface area contributed by atoms with Crippen LogP contribution >= 0.6 is 11.3 Å². The van der Waals surface area contributed by atoms with E-state index in [4.69, 9.17) is 0 Å².